The highest BCUT2D eigenvalue weighted by Gasteiger charge is 2.10. The highest BCUT2D eigenvalue weighted by Crippen LogP contribution is 2.27. The molecule has 17 heavy (non-hydrogen) atoms. The molecule has 1 aromatic carbocycles. The van der Waals surface area contributed by atoms with Crippen LogP contribution in [-0.4, -0.2) is 0 Å². The van der Waals surface area contributed by atoms with Crippen LogP contribution < -0.4 is 0 Å². The highest BCUT2D eigenvalue weighted by atomic mass is 35.5. The molecule has 0 aliphatic rings. The van der Waals surface area contributed by atoms with Crippen molar-refractivity contribution in [3.63, 3.8) is 0 Å². The molecule has 0 aliphatic heterocycles. The lowest BCUT2D eigenvalue weighted by atomic mass is 9.89. The summed E-state index contributed by atoms with van der Waals surface area (Å²) in [6.45, 7) is 12.4. The van der Waals surface area contributed by atoms with Crippen molar-refractivity contribution in [2.45, 2.75) is 40.5 Å². The number of benzene rings is 1. The summed E-state index contributed by atoms with van der Waals surface area (Å²) in [5.41, 5.74) is 6.59. The van der Waals surface area contributed by atoms with Crippen LogP contribution in [0.2, 0.25) is 0 Å². The first-order chi connectivity index (χ1) is 8.04. The molecular weight excluding hydrogens is 228 g/mol. The third kappa shape index (κ3) is 3.01. The number of halogens is 1. The van der Waals surface area contributed by atoms with Crippen molar-refractivity contribution in [3.8, 4) is 0 Å². The van der Waals surface area contributed by atoms with Gasteiger partial charge in [-0.3, -0.25) is 0 Å². The van der Waals surface area contributed by atoms with Crippen LogP contribution in [0.5, 0.6) is 0 Å². The average Bonchev–Trinajstić information content (AvgIpc) is 2.30. The maximum atomic E-state index is 6.01. The van der Waals surface area contributed by atoms with Crippen LogP contribution in [0.25, 0.3) is 12.2 Å². The molecule has 0 atom stereocenters. The van der Waals surface area contributed by atoms with Gasteiger partial charge in [-0.15, -0.1) is 0 Å². The molecule has 0 fully saturated rings. The Hall–Kier alpha value is -1.01. The maximum Gasteiger partial charge on any atom is 0.0156 e. The Morgan fingerprint density at radius 1 is 1.35 bits per heavy atom. The van der Waals surface area contributed by atoms with Crippen molar-refractivity contribution < 1.29 is 0 Å². The van der Waals surface area contributed by atoms with Crippen LogP contribution in [0, 0.1) is 6.92 Å². The molecule has 0 aromatic heterocycles. The molecule has 0 saturated carbocycles. The van der Waals surface area contributed by atoms with Crippen molar-refractivity contribution in [2.75, 3.05) is 0 Å². The van der Waals surface area contributed by atoms with Gasteiger partial charge >= 0.3 is 0 Å². The normalized spacial score (nSPS) is 11.7. The second kappa shape index (κ2) is 6.07. The van der Waals surface area contributed by atoms with Gasteiger partial charge in [0.15, 0.2) is 0 Å². The summed E-state index contributed by atoms with van der Waals surface area (Å²) in [4.78, 5) is 0. The van der Waals surface area contributed by atoms with E-state index in [1.54, 1.807) is 0 Å². The summed E-state index contributed by atoms with van der Waals surface area (Å²) in [6, 6.07) is 2.24. The number of rotatable bonds is 4. The van der Waals surface area contributed by atoms with Gasteiger partial charge in [-0.2, -0.15) is 0 Å². The van der Waals surface area contributed by atoms with E-state index in [-0.39, 0.29) is 0 Å². The van der Waals surface area contributed by atoms with Gasteiger partial charge in [0, 0.05) is 5.03 Å². The fraction of sp³-hybridized carbons (Fsp3) is 0.375. The van der Waals surface area contributed by atoms with E-state index in [1.165, 1.54) is 27.8 Å². The Morgan fingerprint density at radius 3 is 2.41 bits per heavy atom. The molecule has 0 aliphatic carbocycles. The molecule has 0 nitrogen and oxygen atoms in total. The molecule has 0 unspecified atom stereocenters. The topological polar surface area (TPSA) is 0 Å². The fourth-order valence-corrected chi connectivity index (χ4v) is 2.45. The Morgan fingerprint density at radius 2 is 2.00 bits per heavy atom. The van der Waals surface area contributed by atoms with Crippen LogP contribution in [0.1, 0.15) is 48.6 Å². The number of aryl methyl sites for hydroxylation is 1. The first-order valence-corrected chi connectivity index (χ1v) is 6.54. The first kappa shape index (κ1) is 14.1. The lowest BCUT2D eigenvalue weighted by molar-refractivity contribution is 1.01. The maximum absolute atomic E-state index is 6.01. The molecular formula is C16H21Cl. The van der Waals surface area contributed by atoms with Crippen LogP contribution >= 0.6 is 11.6 Å². The van der Waals surface area contributed by atoms with E-state index in [0.29, 0.717) is 0 Å². The quantitative estimate of drug-likeness (QED) is 0.673. The van der Waals surface area contributed by atoms with Crippen LogP contribution in [0.15, 0.2) is 17.7 Å². The Labute approximate surface area is 110 Å². The molecule has 0 spiro atoms. The molecule has 0 N–H and O–H groups in total. The van der Waals surface area contributed by atoms with Crippen molar-refractivity contribution in [2.24, 2.45) is 0 Å². The second-order valence-corrected chi connectivity index (χ2v) is 4.88. The minimum atomic E-state index is 0.808. The van der Waals surface area contributed by atoms with Crippen LogP contribution in [0.4, 0.5) is 0 Å². The summed E-state index contributed by atoms with van der Waals surface area (Å²) in [5.74, 6) is 0. The van der Waals surface area contributed by atoms with Crippen LogP contribution in [-0.2, 0) is 12.8 Å². The number of hydrogen-bond acceptors (Lipinski definition) is 0. The SMILES string of the molecule is C=Cc1cc(CC)c(CC)c(C)c1/C=C(\C)Cl. The van der Waals surface area contributed by atoms with Gasteiger partial charge in [0.1, 0.15) is 0 Å². The summed E-state index contributed by atoms with van der Waals surface area (Å²) >= 11 is 6.01. The minimum Gasteiger partial charge on any atom is -0.0984 e. The molecule has 92 valence electrons. The third-order valence-corrected chi connectivity index (χ3v) is 3.29. The molecule has 0 bridgehead atoms. The van der Waals surface area contributed by atoms with E-state index >= 15 is 0 Å². The zero-order valence-electron chi connectivity index (χ0n) is 11.2. The van der Waals surface area contributed by atoms with Gasteiger partial charge in [-0.05, 0) is 60.6 Å². The molecule has 1 heteroatoms. The summed E-state index contributed by atoms with van der Waals surface area (Å²) < 4.78 is 0. The Balaban J connectivity index is 3.58. The monoisotopic (exact) mass is 248 g/mol. The molecule has 0 heterocycles. The van der Waals surface area contributed by atoms with Gasteiger partial charge in [-0.25, -0.2) is 0 Å². The molecule has 0 saturated heterocycles. The highest BCUT2D eigenvalue weighted by molar-refractivity contribution is 6.31. The Kier molecular flexibility index (Phi) is 5.02. The lowest BCUT2D eigenvalue weighted by Gasteiger charge is -2.16. The van der Waals surface area contributed by atoms with Gasteiger partial charge in [0.25, 0.3) is 0 Å². The zero-order valence-corrected chi connectivity index (χ0v) is 12.0. The van der Waals surface area contributed by atoms with Crippen molar-refractivity contribution in [1.29, 1.82) is 0 Å². The third-order valence-electron chi connectivity index (χ3n) is 3.18. The predicted octanol–water partition coefficient (Wildman–Crippen LogP) is 5.36. The summed E-state index contributed by atoms with van der Waals surface area (Å²) in [7, 11) is 0. The largest absolute Gasteiger partial charge is 0.0984 e. The summed E-state index contributed by atoms with van der Waals surface area (Å²) in [6.07, 6.45) is 6.08. The molecule has 1 aromatic rings. The smallest absolute Gasteiger partial charge is 0.0156 e. The van der Waals surface area contributed by atoms with E-state index in [4.69, 9.17) is 11.6 Å². The minimum absolute atomic E-state index is 0.808. The van der Waals surface area contributed by atoms with E-state index in [0.717, 1.165) is 17.9 Å². The Bertz CT molecular complexity index is 449. The lowest BCUT2D eigenvalue weighted by Crippen LogP contribution is -2.00. The van der Waals surface area contributed by atoms with Crippen LogP contribution in [0.3, 0.4) is 0 Å². The fourth-order valence-electron chi connectivity index (χ4n) is 2.34. The zero-order chi connectivity index (χ0) is 13.0. The molecule has 1 rings (SSSR count). The number of allylic oxidation sites excluding steroid dienone is 1. The number of hydrogen-bond donors (Lipinski definition) is 0. The van der Waals surface area contributed by atoms with E-state index in [1.807, 2.05) is 19.1 Å². The van der Waals surface area contributed by atoms with E-state index in [9.17, 15) is 0 Å². The second-order valence-electron chi connectivity index (χ2n) is 4.28. The van der Waals surface area contributed by atoms with Crippen molar-refractivity contribution in [1.82, 2.24) is 0 Å². The van der Waals surface area contributed by atoms with Gasteiger partial charge in [-0.1, -0.05) is 44.2 Å². The van der Waals surface area contributed by atoms with Crippen molar-refractivity contribution >= 4 is 23.8 Å². The summed E-state index contributed by atoms with van der Waals surface area (Å²) in [5, 5.41) is 0.808. The van der Waals surface area contributed by atoms with Crippen molar-refractivity contribution in [3.05, 3.63) is 45.5 Å². The molecule has 0 radical (unpaired) electrons. The van der Waals surface area contributed by atoms with Gasteiger partial charge in [0.2, 0.25) is 0 Å². The first-order valence-electron chi connectivity index (χ1n) is 6.16. The van der Waals surface area contributed by atoms with Gasteiger partial charge < -0.3 is 0 Å². The standard InChI is InChI=1S/C16H21Cl/c1-6-13-10-14(7-2)16(9-11(4)17)12(5)15(13)8-3/h7,9-10H,2,6,8H2,1,3-5H3/b11-9+. The van der Waals surface area contributed by atoms with E-state index in [2.05, 4.69) is 33.4 Å². The predicted molar refractivity (Wildman–Crippen MR) is 79.5 cm³/mol. The molecule has 0 amide bonds. The van der Waals surface area contributed by atoms with E-state index < -0.39 is 0 Å². The van der Waals surface area contributed by atoms with Gasteiger partial charge in [0.05, 0.1) is 0 Å². The average molecular weight is 249 g/mol.